The highest BCUT2D eigenvalue weighted by molar-refractivity contribution is 5.53. The van der Waals surface area contributed by atoms with Crippen molar-refractivity contribution in [3.05, 3.63) is 23.3 Å². The van der Waals surface area contributed by atoms with Gasteiger partial charge in [-0.1, -0.05) is 20.8 Å². The van der Waals surface area contributed by atoms with Gasteiger partial charge in [-0.3, -0.25) is 0 Å². The molecule has 1 aliphatic carbocycles. The van der Waals surface area contributed by atoms with Crippen LogP contribution in [0.15, 0.2) is 12.1 Å². The Hall–Kier alpha value is -1.22. The van der Waals surface area contributed by atoms with E-state index < -0.39 is 0 Å². The summed E-state index contributed by atoms with van der Waals surface area (Å²) >= 11 is 0. The molecule has 2 aliphatic rings. The highest BCUT2D eigenvalue weighted by Crippen LogP contribution is 2.48. The molecule has 1 aromatic carbocycles. The quantitative estimate of drug-likeness (QED) is 0.767. The second kappa shape index (κ2) is 3.89. The summed E-state index contributed by atoms with van der Waals surface area (Å²) in [6.45, 7) is 7.79. The molecule has 3 rings (SSSR count). The summed E-state index contributed by atoms with van der Waals surface area (Å²) in [5.74, 6) is 1.99. The van der Waals surface area contributed by atoms with Gasteiger partial charge in [-0.15, -0.1) is 0 Å². The summed E-state index contributed by atoms with van der Waals surface area (Å²) in [5, 5.41) is 10.1. The lowest BCUT2D eigenvalue weighted by atomic mass is 9.86. The first-order valence-corrected chi connectivity index (χ1v) is 6.59. The van der Waals surface area contributed by atoms with E-state index in [9.17, 15) is 5.11 Å². The van der Waals surface area contributed by atoms with Gasteiger partial charge in [0.15, 0.2) is 11.5 Å². The molecule has 3 heteroatoms. The molecule has 0 saturated carbocycles. The number of hydrogen-bond acceptors (Lipinski definition) is 3. The van der Waals surface area contributed by atoms with Crippen molar-refractivity contribution in [1.82, 2.24) is 0 Å². The first kappa shape index (κ1) is 11.8. The van der Waals surface area contributed by atoms with Crippen molar-refractivity contribution in [2.75, 3.05) is 13.2 Å². The Morgan fingerprint density at radius 3 is 2.44 bits per heavy atom. The number of aliphatic hydroxyl groups is 1. The van der Waals surface area contributed by atoms with Gasteiger partial charge in [0.1, 0.15) is 0 Å². The van der Waals surface area contributed by atoms with Crippen LogP contribution in [0.25, 0.3) is 0 Å². The SMILES string of the molecule is CC1COc2cc3c(cc2OC1)C(C)(C)C[C@@H]3O. The van der Waals surface area contributed by atoms with E-state index in [2.05, 4.69) is 26.8 Å². The second-order valence-electron chi connectivity index (χ2n) is 6.22. The van der Waals surface area contributed by atoms with Gasteiger partial charge >= 0.3 is 0 Å². The fraction of sp³-hybridized carbons (Fsp3) is 0.600. The van der Waals surface area contributed by atoms with Gasteiger partial charge in [0, 0.05) is 5.92 Å². The topological polar surface area (TPSA) is 38.7 Å². The maximum absolute atomic E-state index is 10.1. The molecule has 0 saturated heterocycles. The third-order valence-electron chi connectivity index (χ3n) is 3.95. The molecule has 2 atom stereocenters. The lowest BCUT2D eigenvalue weighted by Crippen LogP contribution is -2.13. The largest absolute Gasteiger partial charge is 0.489 e. The van der Waals surface area contributed by atoms with E-state index in [0.29, 0.717) is 19.1 Å². The molecule has 18 heavy (non-hydrogen) atoms. The molecule has 0 radical (unpaired) electrons. The van der Waals surface area contributed by atoms with Crippen molar-refractivity contribution in [2.45, 2.75) is 38.7 Å². The number of rotatable bonds is 0. The first-order valence-electron chi connectivity index (χ1n) is 6.59. The smallest absolute Gasteiger partial charge is 0.161 e. The number of aliphatic hydroxyl groups excluding tert-OH is 1. The lowest BCUT2D eigenvalue weighted by molar-refractivity contribution is 0.161. The molecule has 98 valence electrons. The first-order chi connectivity index (χ1) is 8.47. The van der Waals surface area contributed by atoms with E-state index in [1.807, 2.05) is 6.07 Å². The fourth-order valence-electron chi connectivity index (χ4n) is 2.88. The zero-order chi connectivity index (χ0) is 12.9. The number of fused-ring (bicyclic) bond motifs is 2. The van der Waals surface area contributed by atoms with Crippen LogP contribution in [0.1, 0.15) is 44.4 Å². The molecular formula is C15H20O3. The zero-order valence-corrected chi connectivity index (χ0v) is 11.2. The summed E-state index contributed by atoms with van der Waals surface area (Å²) in [4.78, 5) is 0. The lowest BCUT2D eigenvalue weighted by Gasteiger charge is -2.19. The molecule has 1 N–H and O–H groups in total. The van der Waals surface area contributed by atoms with Crippen molar-refractivity contribution < 1.29 is 14.6 Å². The van der Waals surface area contributed by atoms with Crippen LogP contribution in [0.4, 0.5) is 0 Å². The van der Waals surface area contributed by atoms with Gasteiger partial charge in [0.05, 0.1) is 19.3 Å². The maximum atomic E-state index is 10.1. The molecule has 1 heterocycles. The van der Waals surface area contributed by atoms with Crippen LogP contribution in [-0.4, -0.2) is 18.3 Å². The minimum atomic E-state index is -0.385. The molecule has 1 unspecified atom stereocenters. The third kappa shape index (κ3) is 1.77. The predicted molar refractivity (Wildman–Crippen MR) is 69.2 cm³/mol. The van der Waals surface area contributed by atoms with E-state index in [0.717, 1.165) is 23.5 Å². The van der Waals surface area contributed by atoms with E-state index in [1.165, 1.54) is 5.56 Å². The zero-order valence-electron chi connectivity index (χ0n) is 11.2. The van der Waals surface area contributed by atoms with Crippen molar-refractivity contribution >= 4 is 0 Å². The van der Waals surface area contributed by atoms with E-state index in [4.69, 9.17) is 9.47 Å². The molecule has 0 fully saturated rings. The molecule has 1 aromatic rings. The highest BCUT2D eigenvalue weighted by Gasteiger charge is 2.37. The monoisotopic (exact) mass is 248 g/mol. The summed E-state index contributed by atoms with van der Waals surface area (Å²) in [7, 11) is 0. The molecule has 0 bridgehead atoms. The Balaban J connectivity index is 2.07. The molecule has 0 amide bonds. The Morgan fingerprint density at radius 1 is 1.17 bits per heavy atom. The molecule has 0 aromatic heterocycles. The van der Waals surface area contributed by atoms with Crippen molar-refractivity contribution in [3.63, 3.8) is 0 Å². The summed E-state index contributed by atoms with van der Waals surface area (Å²) < 4.78 is 11.6. The van der Waals surface area contributed by atoms with Crippen LogP contribution in [0, 0.1) is 5.92 Å². The van der Waals surface area contributed by atoms with E-state index in [1.54, 1.807) is 0 Å². The normalized spacial score (nSPS) is 28.7. The van der Waals surface area contributed by atoms with E-state index in [-0.39, 0.29) is 11.5 Å². The maximum Gasteiger partial charge on any atom is 0.161 e. The van der Waals surface area contributed by atoms with Crippen LogP contribution in [0.3, 0.4) is 0 Å². The molecular weight excluding hydrogens is 228 g/mol. The second-order valence-corrected chi connectivity index (χ2v) is 6.22. The van der Waals surface area contributed by atoms with Crippen molar-refractivity contribution in [1.29, 1.82) is 0 Å². The minimum absolute atomic E-state index is 0.00502. The van der Waals surface area contributed by atoms with Crippen molar-refractivity contribution in [3.8, 4) is 11.5 Å². The van der Waals surface area contributed by atoms with Crippen LogP contribution < -0.4 is 9.47 Å². The fourth-order valence-corrected chi connectivity index (χ4v) is 2.88. The molecule has 1 aliphatic heterocycles. The van der Waals surface area contributed by atoms with Crippen LogP contribution in [0.2, 0.25) is 0 Å². The highest BCUT2D eigenvalue weighted by atomic mass is 16.5. The Morgan fingerprint density at radius 2 is 1.78 bits per heavy atom. The molecule has 0 spiro atoms. The van der Waals surface area contributed by atoms with Gasteiger partial charge < -0.3 is 14.6 Å². The minimum Gasteiger partial charge on any atom is -0.489 e. The third-order valence-corrected chi connectivity index (χ3v) is 3.95. The predicted octanol–water partition coefficient (Wildman–Crippen LogP) is 2.81. The number of ether oxygens (including phenoxy) is 2. The van der Waals surface area contributed by atoms with Gasteiger partial charge in [0.25, 0.3) is 0 Å². The average molecular weight is 248 g/mol. The van der Waals surface area contributed by atoms with E-state index >= 15 is 0 Å². The standard InChI is InChI=1S/C15H20O3/c1-9-7-17-13-4-10-11(5-14(13)18-8-9)15(2,3)6-12(10)16/h4-5,9,12,16H,6-8H2,1-3H3/t9?,12-/m0/s1. The summed E-state index contributed by atoms with van der Waals surface area (Å²) in [6, 6.07) is 4.01. The van der Waals surface area contributed by atoms with Crippen molar-refractivity contribution in [2.24, 2.45) is 5.92 Å². The average Bonchev–Trinajstić information content (AvgIpc) is 2.47. The van der Waals surface area contributed by atoms with Gasteiger partial charge in [-0.25, -0.2) is 0 Å². The Labute approximate surface area is 108 Å². The Kier molecular flexibility index (Phi) is 2.56. The van der Waals surface area contributed by atoms with Gasteiger partial charge in [-0.05, 0) is 35.1 Å². The van der Waals surface area contributed by atoms with Gasteiger partial charge in [-0.2, -0.15) is 0 Å². The Bertz CT molecular complexity index is 479. The van der Waals surface area contributed by atoms with Gasteiger partial charge in [0.2, 0.25) is 0 Å². The van der Waals surface area contributed by atoms with Crippen LogP contribution in [-0.2, 0) is 5.41 Å². The number of hydrogen-bond donors (Lipinski definition) is 1. The number of benzene rings is 1. The van der Waals surface area contributed by atoms with Crippen LogP contribution in [0.5, 0.6) is 11.5 Å². The molecule has 3 nitrogen and oxygen atoms in total. The summed E-state index contributed by atoms with van der Waals surface area (Å²) in [5.41, 5.74) is 2.19. The van der Waals surface area contributed by atoms with Crippen LogP contribution >= 0.6 is 0 Å². The summed E-state index contributed by atoms with van der Waals surface area (Å²) in [6.07, 6.45) is 0.381.